The van der Waals surface area contributed by atoms with Crippen LogP contribution in [0.15, 0.2) is 0 Å². The van der Waals surface area contributed by atoms with E-state index in [0.717, 1.165) is 45.3 Å². The fourth-order valence-corrected chi connectivity index (χ4v) is 3.60. The third kappa shape index (κ3) is 6.70. The molecule has 6 heteroatoms. The summed E-state index contributed by atoms with van der Waals surface area (Å²) in [5, 5.41) is 0. The molecule has 1 aliphatic heterocycles. The van der Waals surface area contributed by atoms with Gasteiger partial charge >= 0.3 is 0 Å². The van der Waals surface area contributed by atoms with Gasteiger partial charge in [-0.05, 0) is 44.9 Å². The van der Waals surface area contributed by atoms with E-state index >= 15 is 0 Å². The predicted octanol–water partition coefficient (Wildman–Crippen LogP) is 1.19. The van der Waals surface area contributed by atoms with E-state index in [9.17, 15) is 8.42 Å². The Kier molecular flexibility index (Phi) is 7.28. The van der Waals surface area contributed by atoms with E-state index in [1.54, 1.807) is 4.31 Å². The standard InChI is InChI=1S/C13H28N2O3S/c1-3-18-9-5-7-13(14)10-12-6-4-8-15(11-12)19(2,16)17/h12-13H,3-11,14H2,1-2H3. The Hall–Kier alpha value is -0.170. The summed E-state index contributed by atoms with van der Waals surface area (Å²) >= 11 is 0. The minimum Gasteiger partial charge on any atom is -0.382 e. The molecule has 0 amide bonds. The van der Waals surface area contributed by atoms with Gasteiger partial charge in [0.1, 0.15) is 0 Å². The molecule has 0 bridgehead atoms. The van der Waals surface area contributed by atoms with Crippen molar-refractivity contribution in [2.75, 3.05) is 32.6 Å². The maximum Gasteiger partial charge on any atom is 0.211 e. The molecule has 0 radical (unpaired) electrons. The molecule has 0 saturated carbocycles. The van der Waals surface area contributed by atoms with Crippen molar-refractivity contribution in [1.82, 2.24) is 4.31 Å². The van der Waals surface area contributed by atoms with E-state index in [2.05, 4.69) is 0 Å². The van der Waals surface area contributed by atoms with E-state index in [1.165, 1.54) is 6.26 Å². The zero-order valence-corrected chi connectivity index (χ0v) is 13.0. The Morgan fingerprint density at radius 3 is 2.84 bits per heavy atom. The average molecular weight is 292 g/mol. The van der Waals surface area contributed by atoms with Crippen molar-refractivity contribution in [1.29, 1.82) is 0 Å². The quantitative estimate of drug-likeness (QED) is 0.682. The van der Waals surface area contributed by atoms with Gasteiger partial charge in [-0.25, -0.2) is 12.7 Å². The first kappa shape index (κ1) is 16.9. The van der Waals surface area contributed by atoms with Gasteiger partial charge in [-0.1, -0.05) is 0 Å². The number of hydrogen-bond donors (Lipinski definition) is 1. The third-order valence-electron chi connectivity index (χ3n) is 3.65. The molecule has 1 rings (SSSR count). The lowest BCUT2D eigenvalue weighted by Gasteiger charge is -2.32. The lowest BCUT2D eigenvalue weighted by Crippen LogP contribution is -2.41. The number of nitrogens with zero attached hydrogens (tertiary/aromatic N) is 1. The molecule has 1 heterocycles. The number of sulfonamides is 1. The number of ether oxygens (including phenoxy) is 1. The van der Waals surface area contributed by atoms with Gasteiger partial charge in [0.15, 0.2) is 0 Å². The number of hydrogen-bond acceptors (Lipinski definition) is 4. The molecule has 114 valence electrons. The van der Waals surface area contributed by atoms with Crippen LogP contribution in [0.3, 0.4) is 0 Å². The minimum atomic E-state index is -3.05. The fourth-order valence-electron chi connectivity index (χ4n) is 2.66. The highest BCUT2D eigenvalue weighted by Gasteiger charge is 2.26. The highest BCUT2D eigenvalue weighted by atomic mass is 32.2. The summed E-state index contributed by atoms with van der Waals surface area (Å²) in [4.78, 5) is 0. The van der Waals surface area contributed by atoms with E-state index in [-0.39, 0.29) is 6.04 Å². The van der Waals surface area contributed by atoms with Crippen LogP contribution in [0.25, 0.3) is 0 Å². The Morgan fingerprint density at radius 1 is 1.47 bits per heavy atom. The van der Waals surface area contributed by atoms with Crippen molar-refractivity contribution in [3.05, 3.63) is 0 Å². The van der Waals surface area contributed by atoms with Gasteiger partial charge in [-0.3, -0.25) is 0 Å². The van der Waals surface area contributed by atoms with Gasteiger partial charge in [-0.15, -0.1) is 0 Å². The molecular weight excluding hydrogens is 264 g/mol. The molecule has 2 unspecified atom stereocenters. The first-order chi connectivity index (χ1) is 8.93. The van der Waals surface area contributed by atoms with Gasteiger partial charge in [0.25, 0.3) is 0 Å². The molecule has 5 nitrogen and oxygen atoms in total. The van der Waals surface area contributed by atoms with Crippen LogP contribution in [0.5, 0.6) is 0 Å². The zero-order valence-electron chi connectivity index (χ0n) is 12.2. The van der Waals surface area contributed by atoms with Crippen LogP contribution in [0.1, 0.15) is 39.0 Å². The monoisotopic (exact) mass is 292 g/mol. The summed E-state index contributed by atoms with van der Waals surface area (Å²) in [6.45, 7) is 4.81. The second kappa shape index (κ2) is 8.19. The highest BCUT2D eigenvalue weighted by Crippen LogP contribution is 2.23. The molecule has 2 atom stereocenters. The molecular formula is C13H28N2O3S. The SMILES string of the molecule is CCOCCCC(N)CC1CCCN(S(C)(=O)=O)C1. The van der Waals surface area contributed by atoms with Crippen LogP contribution >= 0.6 is 0 Å². The van der Waals surface area contributed by atoms with Crippen LogP contribution in [0, 0.1) is 5.92 Å². The second-order valence-corrected chi connectivity index (χ2v) is 7.45. The van der Waals surface area contributed by atoms with Gasteiger partial charge < -0.3 is 10.5 Å². The highest BCUT2D eigenvalue weighted by molar-refractivity contribution is 7.88. The maximum absolute atomic E-state index is 11.5. The Balaban J connectivity index is 2.28. The summed E-state index contributed by atoms with van der Waals surface area (Å²) in [5.41, 5.74) is 6.12. The fraction of sp³-hybridized carbons (Fsp3) is 1.00. The van der Waals surface area contributed by atoms with Gasteiger partial charge in [-0.2, -0.15) is 0 Å². The average Bonchev–Trinajstić information content (AvgIpc) is 2.34. The van der Waals surface area contributed by atoms with Crippen LogP contribution in [0.2, 0.25) is 0 Å². The molecule has 0 aromatic carbocycles. The molecule has 0 spiro atoms. The third-order valence-corrected chi connectivity index (χ3v) is 4.92. The first-order valence-electron chi connectivity index (χ1n) is 7.22. The Labute approximate surface area is 117 Å². The van der Waals surface area contributed by atoms with E-state index < -0.39 is 10.0 Å². The maximum atomic E-state index is 11.5. The summed E-state index contributed by atoms with van der Waals surface area (Å²) in [7, 11) is -3.05. The van der Waals surface area contributed by atoms with Crippen molar-refractivity contribution < 1.29 is 13.2 Å². The smallest absolute Gasteiger partial charge is 0.211 e. The summed E-state index contributed by atoms with van der Waals surface area (Å²) in [5.74, 6) is 0.408. The molecule has 0 aromatic rings. The normalized spacial score (nSPS) is 23.4. The topological polar surface area (TPSA) is 72.6 Å². The summed E-state index contributed by atoms with van der Waals surface area (Å²) < 4.78 is 30.0. The van der Waals surface area contributed by atoms with Crippen LogP contribution in [-0.4, -0.2) is 51.3 Å². The second-order valence-electron chi connectivity index (χ2n) is 5.46. The van der Waals surface area contributed by atoms with Crippen molar-refractivity contribution >= 4 is 10.0 Å². The Bertz CT molecular complexity index is 346. The van der Waals surface area contributed by atoms with Gasteiger partial charge in [0, 0.05) is 32.3 Å². The predicted molar refractivity (Wildman–Crippen MR) is 77.5 cm³/mol. The van der Waals surface area contributed by atoms with Crippen molar-refractivity contribution in [3.63, 3.8) is 0 Å². The molecule has 1 fully saturated rings. The lowest BCUT2D eigenvalue weighted by molar-refractivity contribution is 0.140. The molecule has 2 N–H and O–H groups in total. The largest absolute Gasteiger partial charge is 0.382 e. The minimum absolute atomic E-state index is 0.157. The van der Waals surface area contributed by atoms with Crippen molar-refractivity contribution in [3.8, 4) is 0 Å². The van der Waals surface area contributed by atoms with Crippen LogP contribution < -0.4 is 5.73 Å². The number of nitrogens with two attached hydrogens (primary N) is 1. The first-order valence-corrected chi connectivity index (χ1v) is 9.06. The number of piperidine rings is 1. The van der Waals surface area contributed by atoms with E-state index in [4.69, 9.17) is 10.5 Å². The molecule has 0 aliphatic carbocycles. The van der Waals surface area contributed by atoms with Crippen LogP contribution in [-0.2, 0) is 14.8 Å². The number of rotatable bonds is 8. The van der Waals surface area contributed by atoms with Crippen molar-refractivity contribution in [2.45, 2.75) is 45.1 Å². The summed E-state index contributed by atoms with van der Waals surface area (Å²) in [6, 6.07) is 0.157. The lowest BCUT2D eigenvalue weighted by atomic mass is 9.91. The van der Waals surface area contributed by atoms with E-state index in [1.807, 2.05) is 6.92 Å². The Morgan fingerprint density at radius 2 is 2.21 bits per heavy atom. The molecule has 19 heavy (non-hydrogen) atoms. The van der Waals surface area contributed by atoms with Gasteiger partial charge in [0.05, 0.1) is 6.26 Å². The van der Waals surface area contributed by atoms with Gasteiger partial charge in [0.2, 0.25) is 10.0 Å². The van der Waals surface area contributed by atoms with Crippen LogP contribution in [0.4, 0.5) is 0 Å². The van der Waals surface area contributed by atoms with E-state index in [0.29, 0.717) is 19.0 Å². The molecule has 1 aliphatic rings. The summed E-state index contributed by atoms with van der Waals surface area (Å²) in [6.07, 6.45) is 6.18. The zero-order chi connectivity index (χ0) is 14.3. The van der Waals surface area contributed by atoms with Crippen molar-refractivity contribution in [2.24, 2.45) is 11.7 Å². The molecule has 0 aromatic heterocycles. The molecule has 1 saturated heterocycles.